The molecule has 0 heterocycles. The van der Waals surface area contributed by atoms with Gasteiger partial charge < -0.3 is 14.2 Å². The Balaban J connectivity index is 4.31. The van der Waals surface area contributed by atoms with Gasteiger partial charge in [0.05, 0.1) is 0 Å². The fraction of sp³-hybridized carbons (Fsp3) is 0.929. The first-order valence-electron chi connectivity index (χ1n) is 20.9. The average Bonchev–Trinajstić information content (AvgIpc) is 3.06. The SMILES string of the molecule is CCCCCCCCCCCCCC(=O)OC[C@@H](COC(=O)CCCCCCCCC)OC(=O)CCCCCCCCCCCC(C)C. The summed E-state index contributed by atoms with van der Waals surface area (Å²) < 4.78 is 16.6. The van der Waals surface area contributed by atoms with Gasteiger partial charge in [0.1, 0.15) is 13.2 Å². The van der Waals surface area contributed by atoms with E-state index in [9.17, 15) is 14.4 Å². The van der Waals surface area contributed by atoms with Gasteiger partial charge in [-0.1, -0.05) is 188 Å². The van der Waals surface area contributed by atoms with Gasteiger partial charge in [0.25, 0.3) is 0 Å². The van der Waals surface area contributed by atoms with E-state index in [0.717, 1.165) is 63.7 Å². The molecule has 0 unspecified atom stereocenters. The van der Waals surface area contributed by atoms with E-state index in [4.69, 9.17) is 14.2 Å². The van der Waals surface area contributed by atoms with Crippen molar-refractivity contribution >= 4 is 17.9 Å². The van der Waals surface area contributed by atoms with Crippen LogP contribution < -0.4 is 0 Å². The Hall–Kier alpha value is -1.59. The topological polar surface area (TPSA) is 78.9 Å². The lowest BCUT2D eigenvalue weighted by molar-refractivity contribution is -0.167. The first-order chi connectivity index (χ1) is 23.4. The van der Waals surface area contributed by atoms with Crippen molar-refractivity contribution in [3.8, 4) is 0 Å². The minimum absolute atomic E-state index is 0.0650. The van der Waals surface area contributed by atoms with Crippen LogP contribution in [0.3, 0.4) is 0 Å². The van der Waals surface area contributed by atoms with Gasteiger partial charge in [-0.05, 0) is 25.2 Å². The fourth-order valence-electron chi connectivity index (χ4n) is 6.10. The van der Waals surface area contributed by atoms with Crippen molar-refractivity contribution < 1.29 is 28.6 Å². The Labute approximate surface area is 298 Å². The molecule has 6 nitrogen and oxygen atoms in total. The van der Waals surface area contributed by atoms with Crippen LogP contribution in [-0.4, -0.2) is 37.2 Å². The van der Waals surface area contributed by atoms with E-state index in [-0.39, 0.29) is 31.1 Å². The van der Waals surface area contributed by atoms with E-state index < -0.39 is 6.10 Å². The van der Waals surface area contributed by atoms with Crippen LogP contribution >= 0.6 is 0 Å². The van der Waals surface area contributed by atoms with Gasteiger partial charge in [-0.2, -0.15) is 0 Å². The molecule has 0 radical (unpaired) electrons. The van der Waals surface area contributed by atoms with Crippen molar-refractivity contribution in [3.05, 3.63) is 0 Å². The molecule has 0 aromatic heterocycles. The summed E-state index contributed by atoms with van der Waals surface area (Å²) in [6.07, 6.45) is 33.8. The Morgan fingerprint density at radius 1 is 0.396 bits per heavy atom. The molecule has 0 aliphatic heterocycles. The molecule has 0 rings (SSSR count). The van der Waals surface area contributed by atoms with Crippen molar-refractivity contribution in [3.63, 3.8) is 0 Å². The number of unbranched alkanes of at least 4 members (excludes halogenated alkanes) is 24. The van der Waals surface area contributed by atoms with Gasteiger partial charge >= 0.3 is 17.9 Å². The number of carbonyl (C=O) groups excluding carboxylic acids is 3. The third-order valence-corrected chi connectivity index (χ3v) is 9.29. The molecule has 48 heavy (non-hydrogen) atoms. The predicted octanol–water partition coefficient (Wildman–Crippen LogP) is 12.8. The van der Waals surface area contributed by atoms with E-state index >= 15 is 0 Å². The molecule has 6 heteroatoms. The van der Waals surface area contributed by atoms with Crippen LogP contribution in [0.2, 0.25) is 0 Å². The van der Waals surface area contributed by atoms with Crippen LogP contribution in [0.15, 0.2) is 0 Å². The second kappa shape index (κ2) is 36.7. The van der Waals surface area contributed by atoms with Gasteiger partial charge in [0.2, 0.25) is 0 Å². The minimum Gasteiger partial charge on any atom is -0.462 e. The quantitative estimate of drug-likeness (QED) is 0.0369. The lowest BCUT2D eigenvalue weighted by Crippen LogP contribution is -2.30. The zero-order valence-corrected chi connectivity index (χ0v) is 32.4. The maximum atomic E-state index is 12.6. The summed E-state index contributed by atoms with van der Waals surface area (Å²) in [4.78, 5) is 37.4. The number of hydrogen-bond donors (Lipinski definition) is 0. The van der Waals surface area contributed by atoms with E-state index in [1.165, 1.54) is 122 Å². The molecule has 0 aliphatic carbocycles. The third kappa shape index (κ3) is 35.7. The molecule has 1 atom stereocenters. The normalized spacial score (nSPS) is 11.9. The second-order valence-electron chi connectivity index (χ2n) is 14.7. The molecule has 0 saturated carbocycles. The standard InChI is InChI=1S/C42H80O6/c1-5-7-9-11-13-14-15-18-22-26-30-34-41(44)47-37-39(36-46-40(43)33-29-25-20-12-10-8-6-2)48-42(45)35-31-27-23-19-16-17-21-24-28-32-38(3)4/h38-39H,5-37H2,1-4H3/t39-/m1/s1. The number of hydrogen-bond acceptors (Lipinski definition) is 6. The second-order valence-corrected chi connectivity index (χ2v) is 14.7. The lowest BCUT2D eigenvalue weighted by atomic mass is 10.0. The molecule has 0 fully saturated rings. The molecule has 0 aromatic carbocycles. The number of ether oxygens (including phenoxy) is 3. The molecule has 0 aliphatic rings. The van der Waals surface area contributed by atoms with Crippen LogP contribution in [0.4, 0.5) is 0 Å². The highest BCUT2D eigenvalue weighted by atomic mass is 16.6. The van der Waals surface area contributed by atoms with E-state index in [1.54, 1.807) is 0 Å². The summed E-state index contributed by atoms with van der Waals surface area (Å²) in [5.41, 5.74) is 0. The first kappa shape index (κ1) is 46.4. The largest absolute Gasteiger partial charge is 0.462 e. The van der Waals surface area contributed by atoms with Crippen LogP contribution in [0.1, 0.15) is 227 Å². The Morgan fingerprint density at radius 2 is 0.688 bits per heavy atom. The van der Waals surface area contributed by atoms with Crippen molar-refractivity contribution in [1.29, 1.82) is 0 Å². The zero-order chi connectivity index (χ0) is 35.3. The summed E-state index contributed by atoms with van der Waals surface area (Å²) in [6, 6.07) is 0. The number of carbonyl (C=O) groups is 3. The van der Waals surface area contributed by atoms with Crippen molar-refractivity contribution in [2.75, 3.05) is 13.2 Å². The summed E-state index contributed by atoms with van der Waals surface area (Å²) in [7, 11) is 0. The monoisotopic (exact) mass is 681 g/mol. The molecule has 284 valence electrons. The highest BCUT2D eigenvalue weighted by Gasteiger charge is 2.19. The molecule has 0 spiro atoms. The molecular formula is C42H80O6. The lowest BCUT2D eigenvalue weighted by Gasteiger charge is -2.18. The van der Waals surface area contributed by atoms with Crippen molar-refractivity contribution in [2.24, 2.45) is 5.92 Å². The van der Waals surface area contributed by atoms with Crippen LogP contribution in [0.5, 0.6) is 0 Å². The molecule has 0 N–H and O–H groups in total. The third-order valence-electron chi connectivity index (χ3n) is 9.29. The summed E-state index contributed by atoms with van der Waals surface area (Å²) in [5.74, 6) is -0.0615. The molecule has 0 saturated heterocycles. The van der Waals surface area contributed by atoms with Crippen LogP contribution in [-0.2, 0) is 28.6 Å². The fourth-order valence-corrected chi connectivity index (χ4v) is 6.10. The highest BCUT2D eigenvalue weighted by molar-refractivity contribution is 5.71. The predicted molar refractivity (Wildman–Crippen MR) is 201 cm³/mol. The van der Waals surface area contributed by atoms with Crippen LogP contribution in [0, 0.1) is 5.92 Å². The minimum atomic E-state index is -0.757. The maximum Gasteiger partial charge on any atom is 0.306 e. The molecule has 0 amide bonds. The Kier molecular flexibility index (Phi) is 35.5. The zero-order valence-electron chi connectivity index (χ0n) is 32.4. The van der Waals surface area contributed by atoms with Gasteiger partial charge in [-0.3, -0.25) is 14.4 Å². The van der Waals surface area contributed by atoms with Crippen LogP contribution in [0.25, 0.3) is 0 Å². The maximum absolute atomic E-state index is 12.6. The summed E-state index contributed by atoms with van der Waals surface area (Å²) >= 11 is 0. The van der Waals surface area contributed by atoms with Gasteiger partial charge in [0.15, 0.2) is 6.10 Å². The first-order valence-corrected chi connectivity index (χ1v) is 20.9. The summed E-state index contributed by atoms with van der Waals surface area (Å²) in [6.45, 7) is 8.91. The van der Waals surface area contributed by atoms with Gasteiger partial charge in [-0.25, -0.2) is 0 Å². The highest BCUT2D eigenvalue weighted by Crippen LogP contribution is 2.15. The molecule has 0 bridgehead atoms. The van der Waals surface area contributed by atoms with E-state index in [0.29, 0.717) is 19.3 Å². The van der Waals surface area contributed by atoms with Gasteiger partial charge in [0, 0.05) is 19.3 Å². The van der Waals surface area contributed by atoms with Crippen molar-refractivity contribution in [2.45, 2.75) is 233 Å². The average molecular weight is 681 g/mol. The summed E-state index contributed by atoms with van der Waals surface area (Å²) in [5, 5.41) is 0. The Bertz CT molecular complexity index is 721. The smallest absolute Gasteiger partial charge is 0.306 e. The van der Waals surface area contributed by atoms with Crippen molar-refractivity contribution in [1.82, 2.24) is 0 Å². The molecular weight excluding hydrogens is 600 g/mol. The Morgan fingerprint density at radius 3 is 1.02 bits per heavy atom. The number of rotatable bonds is 37. The molecule has 0 aromatic rings. The van der Waals surface area contributed by atoms with Gasteiger partial charge in [-0.15, -0.1) is 0 Å². The van der Waals surface area contributed by atoms with E-state index in [1.807, 2.05) is 0 Å². The number of esters is 3. The van der Waals surface area contributed by atoms with E-state index in [2.05, 4.69) is 27.7 Å².